The van der Waals surface area contributed by atoms with Crippen molar-refractivity contribution in [2.24, 2.45) is 0 Å². The van der Waals surface area contributed by atoms with Gasteiger partial charge in [-0.25, -0.2) is 0 Å². The van der Waals surface area contributed by atoms with Gasteiger partial charge in [0.05, 0.1) is 12.3 Å². The standard InChI is InChI=1S/C12H16NO4P/c14-7-5-12(6-8-16-18)11(15)13-9-3-1-2-4-10(9)17-12/h1-4,14H,5-8,18H2,(H,13,15). The molecule has 0 aliphatic carbocycles. The van der Waals surface area contributed by atoms with Crippen molar-refractivity contribution in [1.82, 2.24) is 0 Å². The Kier molecular flexibility index (Phi) is 4.17. The molecule has 1 aromatic carbocycles. The molecule has 2 atom stereocenters. The number of amides is 1. The summed E-state index contributed by atoms with van der Waals surface area (Å²) in [6.07, 6.45) is 0.623. The lowest BCUT2D eigenvalue weighted by atomic mass is 9.93. The van der Waals surface area contributed by atoms with E-state index in [9.17, 15) is 4.79 Å². The quantitative estimate of drug-likeness (QED) is 0.791. The first-order valence-electron chi connectivity index (χ1n) is 5.74. The van der Waals surface area contributed by atoms with Gasteiger partial charge in [0, 0.05) is 28.9 Å². The fourth-order valence-corrected chi connectivity index (χ4v) is 2.13. The van der Waals surface area contributed by atoms with E-state index in [0.29, 0.717) is 24.5 Å². The first kappa shape index (κ1) is 13.3. The summed E-state index contributed by atoms with van der Waals surface area (Å²) in [5, 5.41) is 11.9. The van der Waals surface area contributed by atoms with E-state index in [2.05, 4.69) is 14.8 Å². The highest BCUT2D eigenvalue weighted by atomic mass is 31.0. The Balaban J connectivity index is 2.28. The number of hydrogen-bond acceptors (Lipinski definition) is 4. The van der Waals surface area contributed by atoms with Gasteiger partial charge in [-0.15, -0.1) is 0 Å². The largest absolute Gasteiger partial charge is 0.475 e. The number of hydrogen-bond donors (Lipinski definition) is 2. The van der Waals surface area contributed by atoms with Crippen LogP contribution in [0.1, 0.15) is 12.8 Å². The summed E-state index contributed by atoms with van der Waals surface area (Å²) in [5.74, 6) is 0.381. The Hall–Kier alpha value is -1.16. The SMILES string of the molecule is O=C1Nc2ccccc2OC1(CCO)CCOP. The van der Waals surface area contributed by atoms with E-state index in [4.69, 9.17) is 14.4 Å². The highest BCUT2D eigenvalue weighted by Crippen LogP contribution is 2.36. The molecule has 0 bridgehead atoms. The summed E-state index contributed by atoms with van der Waals surface area (Å²) in [6.45, 7) is 0.243. The van der Waals surface area contributed by atoms with Crippen molar-refractivity contribution >= 4 is 21.1 Å². The second-order valence-electron chi connectivity index (χ2n) is 4.14. The van der Waals surface area contributed by atoms with E-state index in [1.54, 1.807) is 12.1 Å². The topological polar surface area (TPSA) is 67.8 Å². The smallest absolute Gasteiger partial charge is 0.268 e. The molecule has 2 N–H and O–H groups in total. The lowest BCUT2D eigenvalue weighted by molar-refractivity contribution is -0.135. The van der Waals surface area contributed by atoms with Gasteiger partial charge < -0.3 is 19.7 Å². The van der Waals surface area contributed by atoms with Crippen molar-refractivity contribution < 1.29 is 19.2 Å². The fraction of sp³-hybridized carbons (Fsp3) is 0.417. The molecule has 1 aliphatic rings. The van der Waals surface area contributed by atoms with Gasteiger partial charge in [0.15, 0.2) is 5.60 Å². The zero-order valence-corrected chi connectivity index (χ0v) is 11.0. The molecule has 0 fully saturated rings. The van der Waals surface area contributed by atoms with Crippen molar-refractivity contribution in [3.63, 3.8) is 0 Å². The van der Waals surface area contributed by atoms with Crippen molar-refractivity contribution in [3.8, 4) is 5.75 Å². The Labute approximate surface area is 108 Å². The number of ether oxygens (including phenoxy) is 1. The normalized spacial score (nSPS) is 22.0. The first-order chi connectivity index (χ1) is 8.72. The average Bonchev–Trinajstić information content (AvgIpc) is 2.38. The van der Waals surface area contributed by atoms with Crippen molar-refractivity contribution in [2.75, 3.05) is 18.5 Å². The third kappa shape index (κ3) is 2.48. The Bertz CT molecular complexity index is 440. The van der Waals surface area contributed by atoms with E-state index < -0.39 is 5.60 Å². The molecule has 1 aromatic rings. The second-order valence-corrected chi connectivity index (χ2v) is 4.47. The number of carbonyl (C=O) groups excluding carboxylic acids is 1. The predicted octanol–water partition coefficient (Wildman–Crippen LogP) is 1.34. The molecule has 5 nitrogen and oxygen atoms in total. The molecule has 2 unspecified atom stereocenters. The van der Waals surface area contributed by atoms with Gasteiger partial charge in [-0.05, 0) is 12.1 Å². The first-order valence-corrected chi connectivity index (χ1v) is 6.21. The fourth-order valence-electron chi connectivity index (χ4n) is 2.01. The van der Waals surface area contributed by atoms with E-state index >= 15 is 0 Å². The zero-order chi connectivity index (χ0) is 13.0. The third-order valence-corrected chi connectivity index (χ3v) is 3.23. The van der Waals surface area contributed by atoms with E-state index in [1.807, 2.05) is 12.1 Å². The van der Waals surface area contributed by atoms with E-state index in [0.717, 1.165) is 0 Å². The molecular formula is C12H16NO4P. The molecule has 1 amide bonds. The van der Waals surface area contributed by atoms with Gasteiger partial charge in [-0.3, -0.25) is 4.79 Å². The molecule has 0 radical (unpaired) electrons. The molecule has 0 spiro atoms. The summed E-state index contributed by atoms with van der Waals surface area (Å²) < 4.78 is 10.7. The highest BCUT2D eigenvalue weighted by Gasteiger charge is 2.43. The van der Waals surface area contributed by atoms with Crippen molar-refractivity contribution in [1.29, 1.82) is 0 Å². The van der Waals surface area contributed by atoms with Crippen molar-refractivity contribution in [2.45, 2.75) is 18.4 Å². The molecule has 0 saturated heterocycles. The maximum absolute atomic E-state index is 12.2. The van der Waals surface area contributed by atoms with Crippen LogP contribution in [0.15, 0.2) is 24.3 Å². The molecule has 6 heteroatoms. The van der Waals surface area contributed by atoms with Crippen LogP contribution in [0.25, 0.3) is 0 Å². The molecule has 98 valence electrons. The molecule has 0 aromatic heterocycles. The number of para-hydroxylation sites is 2. The van der Waals surface area contributed by atoms with Gasteiger partial charge >= 0.3 is 0 Å². The second kappa shape index (κ2) is 5.65. The molecule has 2 rings (SSSR count). The molecule has 18 heavy (non-hydrogen) atoms. The van der Waals surface area contributed by atoms with Gasteiger partial charge in [-0.2, -0.15) is 0 Å². The number of nitrogens with one attached hydrogen (secondary N) is 1. The van der Waals surface area contributed by atoms with Gasteiger partial charge in [-0.1, -0.05) is 12.1 Å². The minimum Gasteiger partial charge on any atom is -0.475 e. The number of aliphatic hydroxyl groups is 1. The lowest BCUT2D eigenvalue weighted by Gasteiger charge is -2.37. The summed E-state index contributed by atoms with van der Waals surface area (Å²) >= 11 is 0. The van der Waals surface area contributed by atoms with Crippen LogP contribution in [0, 0.1) is 0 Å². The van der Waals surface area contributed by atoms with E-state index in [1.165, 1.54) is 0 Å². The average molecular weight is 269 g/mol. The van der Waals surface area contributed by atoms with Crippen LogP contribution in [0.3, 0.4) is 0 Å². The number of carbonyl (C=O) groups is 1. The molecule has 1 aliphatic heterocycles. The zero-order valence-electron chi connectivity index (χ0n) is 9.89. The number of fused-ring (bicyclic) bond motifs is 1. The van der Waals surface area contributed by atoms with Crippen LogP contribution in [0.2, 0.25) is 0 Å². The van der Waals surface area contributed by atoms with Crippen LogP contribution in [-0.4, -0.2) is 29.8 Å². The third-order valence-electron chi connectivity index (χ3n) is 2.99. The summed E-state index contributed by atoms with van der Waals surface area (Å²) in [5.41, 5.74) is -0.400. The number of anilines is 1. The summed E-state index contributed by atoms with van der Waals surface area (Å²) in [6, 6.07) is 7.24. The van der Waals surface area contributed by atoms with Crippen LogP contribution in [0.4, 0.5) is 5.69 Å². The minimum atomic E-state index is -1.06. The maximum Gasteiger partial charge on any atom is 0.268 e. The minimum absolute atomic E-state index is 0.119. The summed E-state index contributed by atoms with van der Waals surface area (Å²) in [4.78, 5) is 12.2. The van der Waals surface area contributed by atoms with E-state index in [-0.39, 0.29) is 18.9 Å². The summed E-state index contributed by atoms with van der Waals surface area (Å²) in [7, 11) is 2.14. The number of benzene rings is 1. The number of rotatable bonds is 5. The lowest BCUT2D eigenvalue weighted by Crippen LogP contribution is -2.52. The van der Waals surface area contributed by atoms with Crippen LogP contribution in [-0.2, 0) is 9.32 Å². The van der Waals surface area contributed by atoms with Crippen LogP contribution in [0.5, 0.6) is 5.75 Å². The predicted molar refractivity (Wildman–Crippen MR) is 70.4 cm³/mol. The monoisotopic (exact) mass is 269 g/mol. The van der Waals surface area contributed by atoms with Gasteiger partial charge in [0.1, 0.15) is 5.75 Å². The Morgan fingerprint density at radius 3 is 2.89 bits per heavy atom. The highest BCUT2D eigenvalue weighted by molar-refractivity contribution is 7.09. The molecular weight excluding hydrogens is 253 g/mol. The van der Waals surface area contributed by atoms with Gasteiger partial charge in [0.25, 0.3) is 5.91 Å². The Morgan fingerprint density at radius 2 is 2.17 bits per heavy atom. The molecule has 0 saturated carbocycles. The van der Waals surface area contributed by atoms with Crippen molar-refractivity contribution in [3.05, 3.63) is 24.3 Å². The van der Waals surface area contributed by atoms with Crippen LogP contribution >= 0.6 is 9.47 Å². The molecule has 1 heterocycles. The number of aliphatic hydroxyl groups excluding tert-OH is 1. The Morgan fingerprint density at radius 1 is 1.39 bits per heavy atom. The van der Waals surface area contributed by atoms with Gasteiger partial charge in [0.2, 0.25) is 0 Å². The maximum atomic E-state index is 12.2. The van der Waals surface area contributed by atoms with Crippen LogP contribution < -0.4 is 10.1 Å².